The van der Waals surface area contributed by atoms with Gasteiger partial charge in [0.2, 0.25) is 0 Å². The van der Waals surface area contributed by atoms with E-state index in [1.807, 2.05) is 6.07 Å². The van der Waals surface area contributed by atoms with Crippen LogP contribution >= 0.6 is 0 Å². The third kappa shape index (κ3) is 4.30. The van der Waals surface area contributed by atoms with Gasteiger partial charge in [0, 0.05) is 32.0 Å². The molecular weight excluding hydrogens is 422 g/mol. The lowest BCUT2D eigenvalue weighted by molar-refractivity contribution is 0.0581. The molecule has 1 saturated heterocycles. The van der Waals surface area contributed by atoms with Crippen molar-refractivity contribution in [3.63, 3.8) is 0 Å². The number of nitrogens with zero attached hydrogens (tertiary/aromatic N) is 4. The van der Waals surface area contributed by atoms with Gasteiger partial charge in [0.05, 0.1) is 18.8 Å². The molecule has 0 spiro atoms. The highest BCUT2D eigenvalue weighted by Crippen LogP contribution is 2.23. The molecular formula is C23H29N7O3. The van der Waals surface area contributed by atoms with Gasteiger partial charge < -0.3 is 25.3 Å². The number of aromatic nitrogens is 4. The summed E-state index contributed by atoms with van der Waals surface area (Å²) in [6.45, 7) is 1.27. The molecule has 1 saturated carbocycles. The summed E-state index contributed by atoms with van der Waals surface area (Å²) in [5.74, 6) is 0.930. The largest absolute Gasteiger partial charge is 0.379 e. The topological polar surface area (TPSA) is 115 Å². The van der Waals surface area contributed by atoms with Crippen molar-refractivity contribution in [2.24, 2.45) is 0 Å². The normalized spacial score (nSPS) is 19.0. The van der Waals surface area contributed by atoms with Crippen LogP contribution in [0.3, 0.4) is 0 Å². The number of nitrogens with one attached hydrogen (secondary N) is 3. The minimum absolute atomic E-state index is 0.0250. The highest BCUT2D eigenvalue weighted by atomic mass is 16.5. The molecule has 1 aliphatic carbocycles. The van der Waals surface area contributed by atoms with Crippen molar-refractivity contribution in [1.29, 1.82) is 0 Å². The molecule has 5 rings (SSSR count). The number of hydrogen-bond acceptors (Lipinski definition) is 7. The van der Waals surface area contributed by atoms with Crippen LogP contribution in [0.2, 0.25) is 0 Å². The SMILES string of the molecule is CNc1cc(Nc2cccn(C3CCCOC3)c2=O)nc2c(C(=O)NC3CCCC3)cnn12. The van der Waals surface area contributed by atoms with Crippen LogP contribution in [-0.4, -0.2) is 51.4 Å². The lowest BCUT2D eigenvalue weighted by Gasteiger charge is -2.24. The molecule has 33 heavy (non-hydrogen) atoms. The first-order chi connectivity index (χ1) is 16.1. The number of anilines is 3. The van der Waals surface area contributed by atoms with E-state index in [4.69, 9.17) is 4.74 Å². The van der Waals surface area contributed by atoms with E-state index in [0.29, 0.717) is 35.1 Å². The number of amides is 1. The maximum absolute atomic E-state index is 13.1. The van der Waals surface area contributed by atoms with E-state index in [1.54, 1.807) is 34.5 Å². The average Bonchev–Trinajstić information content (AvgIpc) is 3.50. The molecule has 1 aliphatic heterocycles. The Hall–Kier alpha value is -3.40. The Labute approximate surface area is 191 Å². The fourth-order valence-electron chi connectivity index (χ4n) is 4.67. The molecule has 4 heterocycles. The summed E-state index contributed by atoms with van der Waals surface area (Å²) in [7, 11) is 1.77. The summed E-state index contributed by atoms with van der Waals surface area (Å²) in [4.78, 5) is 30.7. The molecule has 3 aromatic rings. The molecule has 0 radical (unpaired) electrons. The van der Waals surface area contributed by atoms with E-state index >= 15 is 0 Å². The second kappa shape index (κ2) is 9.22. The van der Waals surface area contributed by atoms with Crippen LogP contribution in [-0.2, 0) is 4.74 Å². The molecule has 3 N–H and O–H groups in total. The predicted molar refractivity (Wildman–Crippen MR) is 125 cm³/mol. The zero-order chi connectivity index (χ0) is 22.8. The molecule has 1 unspecified atom stereocenters. The summed E-state index contributed by atoms with van der Waals surface area (Å²) >= 11 is 0. The van der Waals surface area contributed by atoms with Gasteiger partial charge in [0.15, 0.2) is 5.65 Å². The van der Waals surface area contributed by atoms with Crippen LogP contribution in [0.15, 0.2) is 35.4 Å². The van der Waals surface area contributed by atoms with Crippen molar-refractivity contribution in [2.45, 2.75) is 50.6 Å². The molecule has 10 heteroatoms. The number of ether oxygens (including phenoxy) is 1. The van der Waals surface area contributed by atoms with Crippen molar-refractivity contribution in [2.75, 3.05) is 30.9 Å². The van der Waals surface area contributed by atoms with E-state index in [-0.39, 0.29) is 23.6 Å². The van der Waals surface area contributed by atoms with Crippen LogP contribution in [0.1, 0.15) is 54.9 Å². The second-order valence-electron chi connectivity index (χ2n) is 8.66. The maximum Gasteiger partial charge on any atom is 0.274 e. The zero-order valence-corrected chi connectivity index (χ0v) is 18.7. The number of carbonyl (C=O) groups excluding carboxylic acids is 1. The molecule has 1 atom stereocenters. The van der Waals surface area contributed by atoms with Crippen LogP contribution in [0, 0.1) is 0 Å². The predicted octanol–water partition coefficient (Wildman–Crippen LogP) is 2.70. The number of hydrogen-bond donors (Lipinski definition) is 3. The minimum atomic E-state index is -0.178. The Balaban J connectivity index is 1.46. The first-order valence-corrected chi connectivity index (χ1v) is 11.6. The van der Waals surface area contributed by atoms with Gasteiger partial charge in [-0.15, -0.1) is 0 Å². The first kappa shape index (κ1) is 21.4. The molecule has 1 amide bonds. The quantitative estimate of drug-likeness (QED) is 0.528. The lowest BCUT2D eigenvalue weighted by atomic mass is 10.1. The van der Waals surface area contributed by atoms with Crippen molar-refractivity contribution in [3.05, 3.63) is 46.5 Å². The second-order valence-corrected chi connectivity index (χ2v) is 8.66. The fraction of sp³-hybridized carbons (Fsp3) is 0.478. The molecule has 2 aliphatic rings. The Morgan fingerprint density at radius 2 is 2.06 bits per heavy atom. The first-order valence-electron chi connectivity index (χ1n) is 11.6. The summed E-state index contributed by atoms with van der Waals surface area (Å²) in [5.41, 5.74) is 1.12. The summed E-state index contributed by atoms with van der Waals surface area (Å²) < 4.78 is 8.87. The minimum Gasteiger partial charge on any atom is -0.379 e. The lowest BCUT2D eigenvalue weighted by Crippen LogP contribution is -2.32. The molecule has 0 aromatic carbocycles. The van der Waals surface area contributed by atoms with Gasteiger partial charge in [-0.1, -0.05) is 12.8 Å². The smallest absolute Gasteiger partial charge is 0.274 e. The van der Waals surface area contributed by atoms with Crippen LogP contribution in [0.5, 0.6) is 0 Å². The number of pyridine rings is 1. The van der Waals surface area contributed by atoms with Gasteiger partial charge in [-0.3, -0.25) is 9.59 Å². The highest BCUT2D eigenvalue weighted by molar-refractivity contribution is 6.00. The standard InChI is InChI=1S/C23H29N7O3/c1-24-20-12-19(27-18-9-4-10-29(23(18)32)16-8-5-11-33-14-16)28-21-17(13-25-30(20)21)22(31)26-15-6-2-3-7-15/h4,9-10,12-13,15-16,24H,2-3,5-8,11,14H2,1H3,(H,26,31)(H,27,28). The van der Waals surface area contributed by atoms with E-state index < -0.39 is 0 Å². The Morgan fingerprint density at radius 1 is 1.21 bits per heavy atom. The van der Waals surface area contributed by atoms with E-state index in [2.05, 4.69) is 26.0 Å². The van der Waals surface area contributed by atoms with Crippen molar-refractivity contribution in [1.82, 2.24) is 24.5 Å². The van der Waals surface area contributed by atoms with Crippen LogP contribution in [0.25, 0.3) is 5.65 Å². The summed E-state index contributed by atoms with van der Waals surface area (Å²) in [6.07, 6.45) is 9.45. The summed E-state index contributed by atoms with van der Waals surface area (Å²) in [5, 5.41) is 13.7. The van der Waals surface area contributed by atoms with Crippen LogP contribution in [0.4, 0.5) is 17.3 Å². The highest BCUT2D eigenvalue weighted by Gasteiger charge is 2.22. The number of fused-ring (bicyclic) bond motifs is 1. The zero-order valence-electron chi connectivity index (χ0n) is 18.7. The maximum atomic E-state index is 13.1. The van der Waals surface area contributed by atoms with Gasteiger partial charge in [-0.05, 0) is 37.8 Å². The van der Waals surface area contributed by atoms with Gasteiger partial charge >= 0.3 is 0 Å². The third-order valence-electron chi connectivity index (χ3n) is 6.43. The van der Waals surface area contributed by atoms with E-state index in [0.717, 1.165) is 45.1 Å². The number of rotatable bonds is 6. The van der Waals surface area contributed by atoms with Gasteiger partial charge in [-0.2, -0.15) is 9.61 Å². The van der Waals surface area contributed by atoms with Crippen molar-refractivity contribution < 1.29 is 9.53 Å². The Bertz CT molecular complexity index is 1210. The van der Waals surface area contributed by atoms with Gasteiger partial charge in [0.1, 0.15) is 22.9 Å². The summed E-state index contributed by atoms with van der Waals surface area (Å²) in [6, 6.07) is 5.56. The van der Waals surface area contributed by atoms with E-state index in [9.17, 15) is 9.59 Å². The monoisotopic (exact) mass is 451 g/mol. The Morgan fingerprint density at radius 3 is 2.82 bits per heavy atom. The van der Waals surface area contributed by atoms with Crippen molar-refractivity contribution >= 4 is 28.9 Å². The van der Waals surface area contributed by atoms with Gasteiger partial charge in [-0.25, -0.2) is 4.98 Å². The molecule has 3 aromatic heterocycles. The molecule has 174 valence electrons. The molecule has 10 nitrogen and oxygen atoms in total. The molecule has 2 fully saturated rings. The third-order valence-corrected chi connectivity index (χ3v) is 6.43. The van der Waals surface area contributed by atoms with Crippen molar-refractivity contribution in [3.8, 4) is 0 Å². The van der Waals surface area contributed by atoms with Gasteiger partial charge in [0.25, 0.3) is 11.5 Å². The fourth-order valence-corrected chi connectivity index (χ4v) is 4.67. The molecule has 0 bridgehead atoms. The van der Waals surface area contributed by atoms with E-state index in [1.165, 1.54) is 6.20 Å². The average molecular weight is 452 g/mol. The Kier molecular flexibility index (Phi) is 5.99. The van der Waals surface area contributed by atoms with Crippen LogP contribution < -0.4 is 21.5 Å². The number of carbonyl (C=O) groups is 1.